The molecule has 0 N–H and O–H groups in total. The van der Waals surface area contributed by atoms with Crippen LogP contribution in [-0.2, 0) is 0 Å². The number of nitrogens with zero attached hydrogens (tertiary/aromatic N) is 1. The summed E-state index contributed by atoms with van der Waals surface area (Å²) in [5.41, 5.74) is 3.42. The highest BCUT2D eigenvalue weighted by atomic mass is 16.6. The Labute approximate surface area is 159 Å². The zero-order chi connectivity index (χ0) is 19.1. The molecule has 1 heterocycles. The predicted octanol–water partition coefficient (Wildman–Crippen LogP) is 5.18. The maximum absolute atomic E-state index is 12.5. The first-order chi connectivity index (χ1) is 13.2. The van der Waals surface area contributed by atoms with Crippen molar-refractivity contribution in [3.8, 4) is 11.5 Å². The Bertz CT molecular complexity index is 949. The number of hydrogen-bond acceptors (Lipinski definition) is 4. The summed E-state index contributed by atoms with van der Waals surface area (Å²) < 4.78 is 11.3. The van der Waals surface area contributed by atoms with Gasteiger partial charge in [0.15, 0.2) is 11.5 Å². The van der Waals surface area contributed by atoms with Gasteiger partial charge < -0.3 is 9.47 Å². The summed E-state index contributed by atoms with van der Waals surface area (Å²) in [6.45, 7) is 4.26. The number of aryl methyl sites for hydroxylation is 1. The van der Waals surface area contributed by atoms with Gasteiger partial charge in [0.2, 0.25) is 0 Å². The number of carbonyl (C=O) groups excluding carboxylic acids is 1. The van der Waals surface area contributed by atoms with Crippen molar-refractivity contribution in [2.45, 2.75) is 13.8 Å². The van der Waals surface area contributed by atoms with Crippen LogP contribution in [0.4, 0.5) is 0 Å². The van der Waals surface area contributed by atoms with Crippen LogP contribution in [0.5, 0.6) is 11.5 Å². The number of ether oxygens (including phenoxy) is 2. The lowest BCUT2D eigenvalue weighted by molar-refractivity contribution is 0.0727. The topological polar surface area (TPSA) is 48.4 Å². The molecule has 0 unspecified atom stereocenters. The molecular weight excluding hydrogens is 338 g/mol. The van der Waals surface area contributed by atoms with Crippen LogP contribution in [0.1, 0.15) is 34.0 Å². The van der Waals surface area contributed by atoms with E-state index >= 15 is 0 Å². The van der Waals surface area contributed by atoms with Gasteiger partial charge in [-0.1, -0.05) is 36.4 Å². The molecule has 0 aliphatic rings. The normalized spacial score (nSPS) is 10.7. The first-order valence-electron chi connectivity index (χ1n) is 8.80. The summed E-state index contributed by atoms with van der Waals surface area (Å²) >= 11 is 0. The van der Waals surface area contributed by atoms with Gasteiger partial charge in [-0.3, -0.25) is 4.98 Å². The highest BCUT2D eigenvalue weighted by molar-refractivity contribution is 5.92. The molecule has 0 aliphatic heterocycles. The molecule has 2 aromatic carbocycles. The molecule has 0 saturated heterocycles. The molecule has 0 radical (unpaired) electrons. The van der Waals surface area contributed by atoms with E-state index in [1.165, 1.54) is 0 Å². The Balaban J connectivity index is 1.82. The Hall–Kier alpha value is -3.40. The lowest BCUT2D eigenvalue weighted by Crippen LogP contribution is -2.11. The molecule has 27 heavy (non-hydrogen) atoms. The van der Waals surface area contributed by atoms with E-state index in [9.17, 15) is 4.79 Å². The standard InChI is InChI=1S/C23H21NO3/c1-3-26-22-16-19(9-8-18-12-14-24-15-13-18)10-11-21(22)27-23(25)20-7-5-4-6-17(20)2/h4-16H,3H2,1-2H3/b9-8+. The van der Waals surface area contributed by atoms with Crippen LogP contribution in [0.3, 0.4) is 0 Å². The third-order valence-corrected chi connectivity index (χ3v) is 4.01. The molecule has 0 fully saturated rings. The monoisotopic (exact) mass is 359 g/mol. The van der Waals surface area contributed by atoms with E-state index in [4.69, 9.17) is 9.47 Å². The minimum absolute atomic E-state index is 0.394. The van der Waals surface area contributed by atoms with E-state index < -0.39 is 5.97 Å². The number of aromatic nitrogens is 1. The maximum Gasteiger partial charge on any atom is 0.343 e. The molecule has 0 aliphatic carbocycles. The number of carbonyl (C=O) groups is 1. The van der Waals surface area contributed by atoms with E-state index in [0.29, 0.717) is 23.7 Å². The quantitative estimate of drug-likeness (QED) is 0.449. The molecule has 4 heteroatoms. The first kappa shape index (κ1) is 18.4. The molecule has 0 spiro atoms. The van der Waals surface area contributed by atoms with Crippen LogP contribution in [0, 0.1) is 6.92 Å². The third-order valence-electron chi connectivity index (χ3n) is 4.01. The van der Waals surface area contributed by atoms with Crippen molar-refractivity contribution in [3.63, 3.8) is 0 Å². The second-order valence-electron chi connectivity index (χ2n) is 5.96. The maximum atomic E-state index is 12.5. The number of hydrogen-bond donors (Lipinski definition) is 0. The second-order valence-corrected chi connectivity index (χ2v) is 5.96. The number of esters is 1. The Morgan fingerprint density at radius 2 is 1.70 bits per heavy atom. The van der Waals surface area contributed by atoms with E-state index in [0.717, 1.165) is 16.7 Å². The SMILES string of the molecule is CCOc1cc(/C=C/c2ccncc2)ccc1OC(=O)c1ccccc1C. The Kier molecular flexibility index (Phi) is 6.00. The number of benzene rings is 2. The van der Waals surface area contributed by atoms with Gasteiger partial charge in [0.1, 0.15) is 0 Å². The van der Waals surface area contributed by atoms with Gasteiger partial charge in [-0.05, 0) is 60.9 Å². The van der Waals surface area contributed by atoms with Crippen molar-refractivity contribution in [2.75, 3.05) is 6.61 Å². The fourth-order valence-electron chi connectivity index (χ4n) is 2.60. The zero-order valence-electron chi connectivity index (χ0n) is 15.4. The van der Waals surface area contributed by atoms with Crippen LogP contribution >= 0.6 is 0 Å². The minimum atomic E-state index is -0.394. The Morgan fingerprint density at radius 1 is 0.963 bits per heavy atom. The molecule has 4 nitrogen and oxygen atoms in total. The van der Waals surface area contributed by atoms with Crippen molar-refractivity contribution < 1.29 is 14.3 Å². The predicted molar refractivity (Wildman–Crippen MR) is 107 cm³/mol. The summed E-state index contributed by atoms with van der Waals surface area (Å²) in [5, 5.41) is 0. The summed E-state index contributed by atoms with van der Waals surface area (Å²) in [6, 6.07) is 16.7. The van der Waals surface area contributed by atoms with Gasteiger partial charge in [-0.25, -0.2) is 4.79 Å². The minimum Gasteiger partial charge on any atom is -0.490 e. The molecule has 0 saturated carbocycles. The molecule has 0 amide bonds. The fraction of sp³-hybridized carbons (Fsp3) is 0.130. The highest BCUT2D eigenvalue weighted by Crippen LogP contribution is 2.30. The average molecular weight is 359 g/mol. The molecule has 3 rings (SSSR count). The number of pyridine rings is 1. The molecule has 136 valence electrons. The van der Waals surface area contributed by atoms with Crippen molar-refractivity contribution in [1.29, 1.82) is 0 Å². The second kappa shape index (κ2) is 8.81. The van der Waals surface area contributed by atoms with Crippen LogP contribution in [0.25, 0.3) is 12.2 Å². The molecule has 0 atom stereocenters. The summed E-state index contributed by atoms with van der Waals surface area (Å²) in [6.07, 6.45) is 7.47. The van der Waals surface area contributed by atoms with Crippen molar-refractivity contribution in [2.24, 2.45) is 0 Å². The van der Waals surface area contributed by atoms with Crippen LogP contribution in [0.2, 0.25) is 0 Å². The molecule has 0 bridgehead atoms. The van der Waals surface area contributed by atoms with Crippen molar-refractivity contribution in [1.82, 2.24) is 4.98 Å². The van der Waals surface area contributed by atoms with Crippen LogP contribution < -0.4 is 9.47 Å². The average Bonchev–Trinajstić information content (AvgIpc) is 2.69. The molecule has 1 aromatic heterocycles. The summed E-state index contributed by atoms with van der Waals surface area (Å²) in [4.78, 5) is 16.5. The van der Waals surface area contributed by atoms with Gasteiger partial charge in [0.25, 0.3) is 0 Å². The fourth-order valence-corrected chi connectivity index (χ4v) is 2.60. The van der Waals surface area contributed by atoms with E-state index in [1.54, 1.807) is 24.5 Å². The lowest BCUT2D eigenvalue weighted by Gasteiger charge is -2.12. The first-order valence-corrected chi connectivity index (χ1v) is 8.80. The van der Waals surface area contributed by atoms with Gasteiger partial charge in [0.05, 0.1) is 12.2 Å². The van der Waals surface area contributed by atoms with Gasteiger partial charge >= 0.3 is 5.97 Å². The largest absolute Gasteiger partial charge is 0.490 e. The molecular formula is C23H21NO3. The van der Waals surface area contributed by atoms with E-state index in [2.05, 4.69) is 4.98 Å². The third kappa shape index (κ3) is 4.82. The zero-order valence-corrected chi connectivity index (χ0v) is 15.4. The Morgan fingerprint density at radius 3 is 2.44 bits per heavy atom. The van der Waals surface area contributed by atoms with Gasteiger partial charge in [-0.15, -0.1) is 0 Å². The van der Waals surface area contributed by atoms with Crippen LogP contribution in [0.15, 0.2) is 67.0 Å². The highest BCUT2D eigenvalue weighted by Gasteiger charge is 2.14. The number of rotatable bonds is 6. The van der Waals surface area contributed by atoms with E-state index in [1.807, 2.05) is 68.5 Å². The summed E-state index contributed by atoms with van der Waals surface area (Å²) in [7, 11) is 0. The van der Waals surface area contributed by atoms with Crippen LogP contribution in [-0.4, -0.2) is 17.6 Å². The van der Waals surface area contributed by atoms with Crippen molar-refractivity contribution in [3.05, 3.63) is 89.2 Å². The van der Waals surface area contributed by atoms with Gasteiger partial charge in [0, 0.05) is 12.4 Å². The van der Waals surface area contributed by atoms with Gasteiger partial charge in [-0.2, -0.15) is 0 Å². The lowest BCUT2D eigenvalue weighted by atomic mass is 10.1. The smallest absolute Gasteiger partial charge is 0.343 e. The summed E-state index contributed by atoms with van der Waals surface area (Å²) in [5.74, 6) is 0.552. The van der Waals surface area contributed by atoms with Crippen molar-refractivity contribution >= 4 is 18.1 Å². The molecule has 3 aromatic rings. The van der Waals surface area contributed by atoms with E-state index in [-0.39, 0.29) is 0 Å².